The number of nitrogen functional groups attached to an aromatic ring is 2. The lowest BCUT2D eigenvalue weighted by Gasteiger charge is -2.14. The Hall–Kier alpha value is -2.39. The number of nitrogens with two attached hydrogens (primary N) is 2. The molecule has 0 radical (unpaired) electrons. The van der Waals surface area contributed by atoms with Crippen molar-refractivity contribution in [2.45, 2.75) is 30.7 Å². The summed E-state index contributed by atoms with van der Waals surface area (Å²) in [5.74, 6) is 1.76. The molecule has 0 bridgehead atoms. The van der Waals surface area contributed by atoms with Crippen molar-refractivity contribution in [3.63, 3.8) is 0 Å². The molecule has 4 N–H and O–H groups in total. The summed E-state index contributed by atoms with van der Waals surface area (Å²) in [6, 6.07) is 11.4. The zero-order chi connectivity index (χ0) is 16.1. The van der Waals surface area contributed by atoms with E-state index in [1.165, 1.54) is 17.8 Å². The lowest BCUT2D eigenvalue weighted by Crippen LogP contribution is -2.07. The molecule has 5 nitrogen and oxygen atoms in total. The molecular formula is C16H18N4OS. The van der Waals surface area contributed by atoms with Crippen molar-refractivity contribution in [1.82, 2.24) is 4.98 Å². The highest BCUT2D eigenvalue weighted by molar-refractivity contribution is 7.98. The Labute approximate surface area is 134 Å². The summed E-state index contributed by atoms with van der Waals surface area (Å²) in [5, 5.41) is 9.75. The van der Waals surface area contributed by atoms with Crippen LogP contribution in [0.25, 0.3) is 0 Å². The summed E-state index contributed by atoms with van der Waals surface area (Å²) in [5.41, 5.74) is 13.3. The molecule has 1 heterocycles. The van der Waals surface area contributed by atoms with E-state index in [1.54, 1.807) is 0 Å². The molecule has 0 aliphatic rings. The normalized spacial score (nSPS) is 10.5. The Balaban J connectivity index is 2.23. The van der Waals surface area contributed by atoms with Crippen molar-refractivity contribution in [3.8, 4) is 11.8 Å². The van der Waals surface area contributed by atoms with Crippen LogP contribution in [0.4, 0.5) is 11.5 Å². The first-order valence-corrected chi connectivity index (χ1v) is 7.83. The molecule has 0 saturated heterocycles. The first kappa shape index (κ1) is 16.0. The van der Waals surface area contributed by atoms with Gasteiger partial charge in [0.05, 0.1) is 11.8 Å². The number of anilines is 2. The highest BCUT2D eigenvalue weighted by Crippen LogP contribution is 2.31. The minimum atomic E-state index is 0.0990. The van der Waals surface area contributed by atoms with Crippen LogP contribution < -0.4 is 16.2 Å². The second kappa shape index (κ2) is 7.05. The van der Waals surface area contributed by atoms with Crippen molar-refractivity contribution >= 4 is 23.3 Å². The SMILES string of the molecule is CC(C)Oc1ccccc1CSc1nc(N)cc(N)c1C#N. The summed E-state index contributed by atoms with van der Waals surface area (Å²) in [4.78, 5) is 4.21. The quantitative estimate of drug-likeness (QED) is 0.822. The highest BCUT2D eigenvalue weighted by Gasteiger charge is 2.12. The first-order chi connectivity index (χ1) is 10.5. The molecule has 0 amide bonds. The van der Waals surface area contributed by atoms with Gasteiger partial charge in [0.1, 0.15) is 28.2 Å². The Bertz CT molecular complexity index is 710. The van der Waals surface area contributed by atoms with E-state index in [-0.39, 0.29) is 6.10 Å². The average molecular weight is 314 g/mol. The molecule has 0 unspecified atom stereocenters. The van der Waals surface area contributed by atoms with Crippen LogP contribution in [-0.4, -0.2) is 11.1 Å². The maximum atomic E-state index is 9.21. The predicted octanol–water partition coefficient (Wildman–Crippen LogP) is 3.20. The first-order valence-electron chi connectivity index (χ1n) is 6.84. The standard InChI is InChI=1S/C16H18N4OS/c1-10(2)21-14-6-4-3-5-11(14)9-22-16-12(8-17)13(18)7-15(19)20-16/h3-7,10H,9H2,1-2H3,(H4,18,19,20). The molecule has 22 heavy (non-hydrogen) atoms. The van der Waals surface area contributed by atoms with Gasteiger partial charge in [-0.15, -0.1) is 11.8 Å². The van der Waals surface area contributed by atoms with E-state index in [0.717, 1.165) is 11.3 Å². The minimum absolute atomic E-state index is 0.0990. The average Bonchev–Trinajstić information content (AvgIpc) is 2.45. The van der Waals surface area contributed by atoms with Gasteiger partial charge in [-0.1, -0.05) is 18.2 Å². The fourth-order valence-corrected chi connectivity index (χ4v) is 2.92. The molecule has 0 atom stereocenters. The van der Waals surface area contributed by atoms with Crippen LogP contribution >= 0.6 is 11.8 Å². The van der Waals surface area contributed by atoms with E-state index in [0.29, 0.717) is 27.8 Å². The maximum Gasteiger partial charge on any atom is 0.126 e. The number of ether oxygens (including phenoxy) is 1. The third-order valence-corrected chi connectivity index (χ3v) is 3.87. The van der Waals surface area contributed by atoms with E-state index >= 15 is 0 Å². The lowest BCUT2D eigenvalue weighted by molar-refractivity contribution is 0.240. The van der Waals surface area contributed by atoms with Gasteiger partial charge in [-0.05, 0) is 19.9 Å². The smallest absolute Gasteiger partial charge is 0.126 e. The van der Waals surface area contributed by atoms with Gasteiger partial charge in [-0.2, -0.15) is 5.26 Å². The molecule has 0 fully saturated rings. The number of nitrogens with zero attached hydrogens (tertiary/aromatic N) is 2. The maximum absolute atomic E-state index is 9.21. The van der Waals surface area contributed by atoms with Gasteiger partial charge in [-0.3, -0.25) is 0 Å². The number of rotatable bonds is 5. The molecule has 114 valence electrons. The van der Waals surface area contributed by atoms with Gasteiger partial charge in [0, 0.05) is 17.4 Å². The van der Waals surface area contributed by atoms with Crippen molar-refractivity contribution < 1.29 is 4.74 Å². The zero-order valence-electron chi connectivity index (χ0n) is 12.5. The Morgan fingerprint density at radius 3 is 2.73 bits per heavy atom. The van der Waals surface area contributed by atoms with E-state index in [4.69, 9.17) is 16.2 Å². The summed E-state index contributed by atoms with van der Waals surface area (Å²) in [7, 11) is 0. The monoisotopic (exact) mass is 314 g/mol. The van der Waals surface area contributed by atoms with Gasteiger partial charge in [0.25, 0.3) is 0 Å². The number of aromatic nitrogens is 1. The van der Waals surface area contributed by atoms with E-state index in [2.05, 4.69) is 11.1 Å². The zero-order valence-corrected chi connectivity index (χ0v) is 13.4. The predicted molar refractivity (Wildman–Crippen MR) is 89.5 cm³/mol. The van der Waals surface area contributed by atoms with Crippen LogP contribution in [0.5, 0.6) is 5.75 Å². The summed E-state index contributed by atoms with van der Waals surface area (Å²) < 4.78 is 5.79. The molecule has 2 aromatic rings. The van der Waals surface area contributed by atoms with Gasteiger partial charge < -0.3 is 16.2 Å². The third-order valence-electron chi connectivity index (χ3n) is 2.85. The number of nitriles is 1. The molecule has 0 saturated carbocycles. The fraction of sp³-hybridized carbons (Fsp3) is 0.250. The van der Waals surface area contributed by atoms with Crippen LogP contribution in [-0.2, 0) is 5.75 Å². The van der Waals surface area contributed by atoms with Crippen molar-refractivity contribution in [2.24, 2.45) is 0 Å². The van der Waals surface area contributed by atoms with Gasteiger partial charge in [0.2, 0.25) is 0 Å². The molecule has 6 heteroatoms. The van der Waals surface area contributed by atoms with Gasteiger partial charge in [-0.25, -0.2) is 4.98 Å². The van der Waals surface area contributed by atoms with Crippen LogP contribution in [0.3, 0.4) is 0 Å². The Morgan fingerprint density at radius 1 is 1.32 bits per heavy atom. The number of thioether (sulfide) groups is 1. The lowest BCUT2D eigenvalue weighted by atomic mass is 10.2. The molecule has 1 aromatic carbocycles. The topological polar surface area (TPSA) is 97.9 Å². The molecule has 0 aliphatic carbocycles. The van der Waals surface area contributed by atoms with E-state index in [1.807, 2.05) is 38.1 Å². The van der Waals surface area contributed by atoms with Crippen molar-refractivity contribution in [2.75, 3.05) is 11.5 Å². The largest absolute Gasteiger partial charge is 0.491 e. The van der Waals surface area contributed by atoms with Crippen LogP contribution in [0.2, 0.25) is 0 Å². The Kier molecular flexibility index (Phi) is 5.12. The number of hydrogen-bond acceptors (Lipinski definition) is 6. The number of pyridine rings is 1. The molecule has 1 aromatic heterocycles. The molecule has 0 spiro atoms. The van der Waals surface area contributed by atoms with E-state index < -0.39 is 0 Å². The number of benzene rings is 1. The van der Waals surface area contributed by atoms with Crippen molar-refractivity contribution in [3.05, 3.63) is 41.5 Å². The third kappa shape index (κ3) is 3.83. The minimum Gasteiger partial charge on any atom is -0.491 e. The second-order valence-electron chi connectivity index (χ2n) is 4.99. The van der Waals surface area contributed by atoms with Crippen LogP contribution in [0, 0.1) is 11.3 Å². The second-order valence-corrected chi connectivity index (χ2v) is 5.96. The highest BCUT2D eigenvalue weighted by atomic mass is 32.2. The summed E-state index contributed by atoms with van der Waals surface area (Å²) in [6.07, 6.45) is 0.0990. The Morgan fingerprint density at radius 2 is 2.05 bits per heavy atom. The van der Waals surface area contributed by atoms with Crippen molar-refractivity contribution in [1.29, 1.82) is 5.26 Å². The summed E-state index contributed by atoms with van der Waals surface area (Å²) >= 11 is 1.42. The van der Waals surface area contributed by atoms with E-state index in [9.17, 15) is 5.26 Å². The number of para-hydroxylation sites is 1. The molecule has 0 aliphatic heterocycles. The van der Waals surface area contributed by atoms with Crippen LogP contribution in [0.1, 0.15) is 25.0 Å². The van der Waals surface area contributed by atoms with Gasteiger partial charge >= 0.3 is 0 Å². The molecular weight excluding hydrogens is 296 g/mol. The molecule has 2 rings (SSSR count). The number of hydrogen-bond donors (Lipinski definition) is 2. The fourth-order valence-electron chi connectivity index (χ4n) is 1.92. The summed E-state index contributed by atoms with van der Waals surface area (Å²) in [6.45, 7) is 3.97. The van der Waals surface area contributed by atoms with Crippen LogP contribution in [0.15, 0.2) is 35.4 Å². The van der Waals surface area contributed by atoms with Gasteiger partial charge in [0.15, 0.2) is 0 Å².